The molecule has 0 aromatic heterocycles. The van der Waals surface area contributed by atoms with Crippen LogP contribution in [-0.2, 0) is 14.3 Å². The quantitative estimate of drug-likeness (QED) is 0.495. The smallest absolute Gasteiger partial charge is 0.410 e. The first-order valence-corrected chi connectivity index (χ1v) is 10.2. The minimum Gasteiger partial charge on any atom is -0.466 e. The lowest BCUT2D eigenvalue weighted by atomic mass is 9.92. The van der Waals surface area contributed by atoms with Crippen LogP contribution in [-0.4, -0.2) is 54.8 Å². The van der Waals surface area contributed by atoms with Gasteiger partial charge < -0.3 is 19.7 Å². The molecule has 1 saturated heterocycles. The van der Waals surface area contributed by atoms with Crippen LogP contribution >= 0.6 is 0 Å². The van der Waals surface area contributed by atoms with E-state index in [0.717, 1.165) is 19.4 Å². The largest absolute Gasteiger partial charge is 0.466 e. The molecule has 0 bridgehead atoms. The van der Waals surface area contributed by atoms with Crippen LogP contribution in [0.4, 0.5) is 4.79 Å². The molecule has 26 heavy (non-hydrogen) atoms. The molecule has 0 unspecified atom stereocenters. The van der Waals surface area contributed by atoms with Crippen molar-refractivity contribution >= 4 is 12.1 Å². The fraction of sp³-hybridized carbons (Fsp3) is 0.900. The molecule has 6 heteroatoms. The second kappa shape index (κ2) is 11.4. The third-order valence-electron chi connectivity index (χ3n) is 4.54. The van der Waals surface area contributed by atoms with E-state index in [2.05, 4.69) is 12.2 Å². The molecule has 0 radical (unpaired) electrons. The Morgan fingerprint density at radius 2 is 1.81 bits per heavy atom. The molecule has 1 aliphatic heterocycles. The second-order valence-corrected chi connectivity index (χ2v) is 8.05. The fourth-order valence-corrected chi connectivity index (χ4v) is 3.19. The number of hydrogen-bond donors (Lipinski definition) is 1. The van der Waals surface area contributed by atoms with Crippen LogP contribution < -0.4 is 5.32 Å². The third kappa shape index (κ3) is 8.39. The highest BCUT2D eigenvalue weighted by atomic mass is 16.6. The van der Waals surface area contributed by atoms with Gasteiger partial charge in [0.05, 0.1) is 12.5 Å². The summed E-state index contributed by atoms with van der Waals surface area (Å²) >= 11 is 0. The van der Waals surface area contributed by atoms with Crippen LogP contribution in [0.25, 0.3) is 0 Å². The van der Waals surface area contributed by atoms with Crippen molar-refractivity contribution in [3.05, 3.63) is 0 Å². The van der Waals surface area contributed by atoms with E-state index in [4.69, 9.17) is 9.47 Å². The fourth-order valence-electron chi connectivity index (χ4n) is 3.19. The third-order valence-corrected chi connectivity index (χ3v) is 4.54. The first-order chi connectivity index (χ1) is 12.3. The summed E-state index contributed by atoms with van der Waals surface area (Å²) in [7, 11) is 0. The number of likely N-dealkylation sites (tertiary alicyclic amines) is 1. The molecule has 1 rings (SSSR count). The van der Waals surface area contributed by atoms with Gasteiger partial charge in [0.1, 0.15) is 5.60 Å². The summed E-state index contributed by atoms with van der Waals surface area (Å²) in [6, 6.07) is 0.0545. The lowest BCUT2D eigenvalue weighted by molar-refractivity contribution is -0.150. The van der Waals surface area contributed by atoms with E-state index in [1.54, 1.807) is 4.90 Å². The number of nitrogens with one attached hydrogen (secondary N) is 1. The number of nitrogens with zero attached hydrogens (tertiary/aromatic N) is 1. The molecule has 2 atom stereocenters. The minimum atomic E-state index is -0.538. The van der Waals surface area contributed by atoms with Gasteiger partial charge in [-0.1, -0.05) is 32.6 Å². The Morgan fingerprint density at radius 3 is 2.42 bits per heavy atom. The average Bonchev–Trinajstić information content (AvgIpc) is 2.56. The predicted octanol–water partition coefficient (Wildman–Crippen LogP) is 3.74. The Hall–Kier alpha value is -1.30. The van der Waals surface area contributed by atoms with E-state index in [-0.39, 0.29) is 24.0 Å². The van der Waals surface area contributed by atoms with Gasteiger partial charge in [-0.2, -0.15) is 0 Å². The van der Waals surface area contributed by atoms with E-state index < -0.39 is 5.60 Å². The van der Waals surface area contributed by atoms with Crippen LogP contribution in [0.3, 0.4) is 0 Å². The first-order valence-electron chi connectivity index (χ1n) is 10.2. The zero-order valence-corrected chi connectivity index (χ0v) is 17.3. The monoisotopic (exact) mass is 370 g/mol. The van der Waals surface area contributed by atoms with Gasteiger partial charge in [-0.3, -0.25) is 4.79 Å². The molecule has 1 aliphatic rings. The molecule has 0 spiro atoms. The summed E-state index contributed by atoms with van der Waals surface area (Å²) in [5.74, 6) is -0.573. The van der Waals surface area contributed by atoms with Crippen molar-refractivity contribution in [1.82, 2.24) is 10.2 Å². The zero-order chi connectivity index (χ0) is 19.6. The van der Waals surface area contributed by atoms with Gasteiger partial charge in [0.25, 0.3) is 0 Å². The second-order valence-electron chi connectivity index (χ2n) is 8.05. The van der Waals surface area contributed by atoms with Crippen LogP contribution in [0.5, 0.6) is 0 Å². The van der Waals surface area contributed by atoms with Gasteiger partial charge in [-0.05, 0) is 47.1 Å². The Kier molecular flexibility index (Phi) is 9.99. The Balaban J connectivity index is 2.57. The summed E-state index contributed by atoms with van der Waals surface area (Å²) < 4.78 is 10.7. The summed E-state index contributed by atoms with van der Waals surface area (Å²) in [6.07, 6.45) is 6.48. The lowest BCUT2D eigenvalue weighted by Gasteiger charge is -2.38. The van der Waals surface area contributed by atoms with Crippen molar-refractivity contribution in [2.75, 3.05) is 26.2 Å². The number of esters is 1. The first kappa shape index (κ1) is 22.7. The lowest BCUT2D eigenvalue weighted by Crippen LogP contribution is -2.54. The summed E-state index contributed by atoms with van der Waals surface area (Å²) in [5.41, 5.74) is -0.538. The van der Waals surface area contributed by atoms with Crippen molar-refractivity contribution in [2.24, 2.45) is 5.92 Å². The standard InChI is InChI=1S/C20H38N2O4/c1-6-8-9-10-11-13-21-17-12-14-22(19(24)26-20(3,4)5)15-16(17)18(23)25-7-2/h16-17,21H,6-15H2,1-5H3/t16-,17+/m1/s1. The molecule has 0 saturated carbocycles. The van der Waals surface area contributed by atoms with E-state index in [0.29, 0.717) is 19.7 Å². The molecule has 0 aromatic rings. The molecule has 6 nitrogen and oxygen atoms in total. The van der Waals surface area contributed by atoms with Crippen LogP contribution in [0.1, 0.15) is 73.1 Å². The normalized spacial score (nSPS) is 20.7. The number of amides is 1. The number of ether oxygens (including phenoxy) is 2. The van der Waals surface area contributed by atoms with Crippen LogP contribution in [0, 0.1) is 5.92 Å². The highest BCUT2D eigenvalue weighted by Gasteiger charge is 2.38. The summed E-state index contributed by atoms with van der Waals surface area (Å²) in [4.78, 5) is 26.4. The summed E-state index contributed by atoms with van der Waals surface area (Å²) in [6.45, 7) is 11.8. The Labute approximate surface area is 159 Å². The summed E-state index contributed by atoms with van der Waals surface area (Å²) in [5, 5.41) is 3.52. The van der Waals surface area contributed by atoms with Crippen molar-refractivity contribution < 1.29 is 19.1 Å². The van der Waals surface area contributed by atoms with Gasteiger partial charge in [0.2, 0.25) is 0 Å². The van der Waals surface area contributed by atoms with Crippen LogP contribution in [0.2, 0.25) is 0 Å². The molecule has 0 aliphatic carbocycles. The number of rotatable bonds is 9. The van der Waals surface area contributed by atoms with Gasteiger partial charge in [0, 0.05) is 19.1 Å². The van der Waals surface area contributed by atoms with Gasteiger partial charge >= 0.3 is 12.1 Å². The number of piperidine rings is 1. The molecular weight excluding hydrogens is 332 g/mol. The predicted molar refractivity (Wildman–Crippen MR) is 103 cm³/mol. The molecular formula is C20H38N2O4. The van der Waals surface area contributed by atoms with Crippen molar-refractivity contribution in [3.63, 3.8) is 0 Å². The SMILES string of the molecule is CCCCCCCN[C@H]1CCN(C(=O)OC(C)(C)C)C[C@H]1C(=O)OCC. The Bertz CT molecular complexity index is 434. The molecule has 1 fully saturated rings. The van der Waals surface area contributed by atoms with Crippen molar-refractivity contribution in [2.45, 2.75) is 84.8 Å². The topological polar surface area (TPSA) is 67.9 Å². The number of hydrogen-bond acceptors (Lipinski definition) is 5. The zero-order valence-electron chi connectivity index (χ0n) is 17.3. The molecule has 1 amide bonds. The van der Waals surface area contributed by atoms with Gasteiger partial charge in [0.15, 0.2) is 0 Å². The number of unbranched alkanes of at least 4 members (excludes halogenated alkanes) is 4. The van der Waals surface area contributed by atoms with Crippen LogP contribution in [0.15, 0.2) is 0 Å². The number of carbonyl (C=O) groups excluding carboxylic acids is 2. The number of carbonyl (C=O) groups is 2. The van der Waals surface area contributed by atoms with E-state index in [1.165, 1.54) is 25.7 Å². The molecule has 152 valence electrons. The highest BCUT2D eigenvalue weighted by molar-refractivity contribution is 5.75. The maximum absolute atomic E-state index is 12.4. The molecule has 1 heterocycles. The average molecular weight is 371 g/mol. The van der Waals surface area contributed by atoms with E-state index in [1.807, 2.05) is 27.7 Å². The minimum absolute atomic E-state index is 0.0545. The maximum Gasteiger partial charge on any atom is 0.410 e. The van der Waals surface area contributed by atoms with E-state index in [9.17, 15) is 9.59 Å². The van der Waals surface area contributed by atoms with Gasteiger partial charge in [-0.25, -0.2) is 4.79 Å². The highest BCUT2D eigenvalue weighted by Crippen LogP contribution is 2.21. The molecule has 1 N–H and O–H groups in total. The Morgan fingerprint density at radius 1 is 1.12 bits per heavy atom. The maximum atomic E-state index is 12.4. The van der Waals surface area contributed by atoms with Gasteiger partial charge in [-0.15, -0.1) is 0 Å². The van der Waals surface area contributed by atoms with Crippen molar-refractivity contribution in [1.29, 1.82) is 0 Å². The van der Waals surface area contributed by atoms with Crippen molar-refractivity contribution in [3.8, 4) is 0 Å². The van der Waals surface area contributed by atoms with E-state index >= 15 is 0 Å². The molecule has 0 aromatic carbocycles.